The molecule has 0 radical (unpaired) electrons. The van der Waals surface area contributed by atoms with Gasteiger partial charge in [-0.3, -0.25) is 9.59 Å². The van der Waals surface area contributed by atoms with Crippen LogP contribution in [0.2, 0.25) is 0 Å². The third-order valence-electron chi connectivity index (χ3n) is 1.47. The van der Waals surface area contributed by atoms with Crippen molar-refractivity contribution in [2.75, 3.05) is 25.6 Å². The molecule has 0 fully saturated rings. The summed E-state index contributed by atoms with van der Waals surface area (Å²) in [5, 5.41) is 8.26. The fourth-order valence-electron chi connectivity index (χ4n) is 0.632. The van der Waals surface area contributed by atoms with Crippen LogP contribution < -0.4 is 0 Å². The van der Waals surface area contributed by atoms with Gasteiger partial charge in [-0.15, -0.1) is 0 Å². The van der Waals surface area contributed by atoms with E-state index < -0.39 is 39.6 Å². The van der Waals surface area contributed by atoms with E-state index in [0.29, 0.717) is 0 Å². The average Bonchev–Trinajstić information content (AvgIpc) is 2.00. The predicted molar refractivity (Wildman–Crippen MR) is 49.6 cm³/mol. The lowest BCUT2D eigenvalue weighted by Crippen LogP contribution is -2.30. The van der Waals surface area contributed by atoms with Gasteiger partial charge in [0.25, 0.3) is 0 Å². The Morgan fingerprint density at radius 3 is 2.14 bits per heavy atom. The molecule has 1 amide bonds. The predicted octanol–water partition coefficient (Wildman–Crippen LogP) is -1.04. The van der Waals surface area contributed by atoms with Gasteiger partial charge in [-0.05, 0) is 0 Å². The number of carboxylic acid groups (broad SMARTS) is 1. The monoisotopic (exact) mass is 223 g/mol. The Balaban J connectivity index is 4.22. The van der Waals surface area contributed by atoms with E-state index in [-0.39, 0.29) is 0 Å². The van der Waals surface area contributed by atoms with E-state index in [1.807, 2.05) is 0 Å². The first-order valence-electron chi connectivity index (χ1n) is 3.87. The molecule has 0 aromatic carbocycles. The van der Waals surface area contributed by atoms with Crippen molar-refractivity contribution in [1.29, 1.82) is 0 Å². The van der Waals surface area contributed by atoms with Crippen LogP contribution in [0.1, 0.15) is 6.42 Å². The molecule has 0 aliphatic carbocycles. The van der Waals surface area contributed by atoms with Crippen LogP contribution >= 0.6 is 0 Å². The van der Waals surface area contributed by atoms with Crippen molar-refractivity contribution < 1.29 is 23.1 Å². The minimum atomic E-state index is -3.59. The summed E-state index contributed by atoms with van der Waals surface area (Å²) in [6.07, 6.45) is -0.469. The van der Waals surface area contributed by atoms with Gasteiger partial charge in [0.2, 0.25) is 5.91 Å². The van der Waals surface area contributed by atoms with Crippen molar-refractivity contribution >= 4 is 21.7 Å². The summed E-state index contributed by atoms with van der Waals surface area (Å²) >= 11 is 0. The van der Waals surface area contributed by atoms with Crippen molar-refractivity contribution in [2.45, 2.75) is 6.42 Å². The molecule has 6 nitrogen and oxygen atoms in total. The van der Waals surface area contributed by atoms with Crippen LogP contribution in [0.15, 0.2) is 0 Å². The highest BCUT2D eigenvalue weighted by molar-refractivity contribution is 7.92. The Morgan fingerprint density at radius 2 is 1.79 bits per heavy atom. The van der Waals surface area contributed by atoms with Crippen LogP contribution in [-0.2, 0) is 19.4 Å². The lowest BCUT2D eigenvalue weighted by Gasteiger charge is -2.09. The lowest BCUT2D eigenvalue weighted by molar-refractivity contribution is -0.136. The lowest BCUT2D eigenvalue weighted by atomic mass is 10.5. The molecular weight excluding hydrogens is 210 g/mol. The minimum absolute atomic E-state index is 0.469. The van der Waals surface area contributed by atoms with Crippen LogP contribution in [-0.4, -0.2) is 55.9 Å². The second kappa shape index (κ2) is 4.94. The maximum atomic E-state index is 11.1. The molecule has 0 aromatic heterocycles. The Labute approximate surface area is 82.4 Å². The number of amides is 1. The van der Waals surface area contributed by atoms with Crippen molar-refractivity contribution in [3.05, 3.63) is 0 Å². The van der Waals surface area contributed by atoms with Crippen LogP contribution in [0.4, 0.5) is 0 Å². The van der Waals surface area contributed by atoms with E-state index in [0.717, 1.165) is 4.90 Å². The number of nitrogens with zero attached hydrogens (tertiary/aromatic N) is 1. The Hall–Kier alpha value is -1.11. The Kier molecular flexibility index (Phi) is 4.55. The second-order valence-corrected chi connectivity index (χ2v) is 5.21. The first kappa shape index (κ1) is 12.9. The topological polar surface area (TPSA) is 91.8 Å². The average molecular weight is 223 g/mol. The van der Waals surface area contributed by atoms with Gasteiger partial charge in [0, 0.05) is 14.1 Å². The number of carbonyl (C=O) groups excluding carboxylic acids is 1. The van der Waals surface area contributed by atoms with Gasteiger partial charge in [0.1, 0.15) is 5.75 Å². The zero-order chi connectivity index (χ0) is 11.4. The smallest absolute Gasteiger partial charge is 0.304 e. The number of hydrogen-bond donors (Lipinski definition) is 1. The molecule has 0 heterocycles. The molecule has 0 saturated heterocycles. The summed E-state index contributed by atoms with van der Waals surface area (Å²) in [6.45, 7) is 0. The van der Waals surface area contributed by atoms with Crippen molar-refractivity contribution in [2.24, 2.45) is 0 Å². The molecule has 14 heavy (non-hydrogen) atoms. The highest BCUT2D eigenvalue weighted by Gasteiger charge is 2.18. The first-order valence-corrected chi connectivity index (χ1v) is 5.69. The van der Waals surface area contributed by atoms with Gasteiger partial charge in [-0.1, -0.05) is 0 Å². The van der Waals surface area contributed by atoms with Gasteiger partial charge < -0.3 is 10.0 Å². The molecule has 0 aliphatic heterocycles. The molecule has 0 aliphatic rings. The zero-order valence-electron chi connectivity index (χ0n) is 8.06. The van der Waals surface area contributed by atoms with Gasteiger partial charge in [-0.2, -0.15) is 0 Å². The fraction of sp³-hybridized carbons (Fsp3) is 0.714. The first-order chi connectivity index (χ1) is 6.24. The van der Waals surface area contributed by atoms with E-state index in [1.54, 1.807) is 0 Å². The molecule has 1 N–H and O–H groups in total. The summed E-state index contributed by atoms with van der Waals surface area (Å²) < 4.78 is 22.3. The van der Waals surface area contributed by atoms with Crippen molar-refractivity contribution in [3.8, 4) is 0 Å². The van der Waals surface area contributed by atoms with E-state index >= 15 is 0 Å². The third-order valence-corrected chi connectivity index (χ3v) is 2.98. The standard InChI is InChI=1S/C7H13NO5S/c1-8(2)6(9)5-14(12,13)4-3-7(10)11/h3-5H2,1-2H3,(H,10,11). The quantitative estimate of drug-likeness (QED) is 0.643. The van der Waals surface area contributed by atoms with Gasteiger partial charge in [0.15, 0.2) is 9.84 Å². The number of aliphatic carboxylic acids is 1. The number of sulfone groups is 1. The largest absolute Gasteiger partial charge is 0.481 e. The number of hydrogen-bond acceptors (Lipinski definition) is 4. The summed E-state index contributed by atoms with van der Waals surface area (Å²) in [7, 11) is -0.714. The van der Waals surface area contributed by atoms with Gasteiger partial charge in [-0.25, -0.2) is 8.42 Å². The van der Waals surface area contributed by atoms with Gasteiger partial charge >= 0.3 is 5.97 Å². The molecule has 0 spiro atoms. The maximum Gasteiger partial charge on any atom is 0.304 e. The number of carboxylic acids is 1. The van der Waals surface area contributed by atoms with Crippen LogP contribution in [0.25, 0.3) is 0 Å². The summed E-state index contributed by atoms with van der Waals surface area (Å²) in [6, 6.07) is 0. The number of carbonyl (C=O) groups is 2. The summed E-state index contributed by atoms with van der Waals surface area (Å²) in [5.41, 5.74) is 0. The highest BCUT2D eigenvalue weighted by atomic mass is 32.2. The molecule has 0 bridgehead atoms. The normalized spacial score (nSPS) is 11.0. The van der Waals surface area contributed by atoms with E-state index in [4.69, 9.17) is 5.11 Å². The molecule has 0 saturated carbocycles. The molecule has 0 rings (SSSR count). The van der Waals surface area contributed by atoms with Crippen molar-refractivity contribution in [3.63, 3.8) is 0 Å². The molecule has 0 atom stereocenters. The zero-order valence-corrected chi connectivity index (χ0v) is 8.87. The minimum Gasteiger partial charge on any atom is -0.481 e. The molecule has 0 unspecified atom stereocenters. The second-order valence-electron chi connectivity index (χ2n) is 3.02. The van der Waals surface area contributed by atoms with Crippen molar-refractivity contribution in [1.82, 2.24) is 4.90 Å². The Morgan fingerprint density at radius 1 is 1.29 bits per heavy atom. The van der Waals surface area contributed by atoms with Crippen LogP contribution in [0.3, 0.4) is 0 Å². The molecule has 82 valence electrons. The fourth-order valence-corrected chi connectivity index (χ4v) is 1.90. The third kappa shape index (κ3) is 5.52. The van der Waals surface area contributed by atoms with E-state index in [9.17, 15) is 18.0 Å². The van der Waals surface area contributed by atoms with E-state index in [2.05, 4.69) is 0 Å². The SMILES string of the molecule is CN(C)C(=O)CS(=O)(=O)CCC(=O)O. The maximum absolute atomic E-state index is 11.1. The van der Waals surface area contributed by atoms with Gasteiger partial charge in [0.05, 0.1) is 12.2 Å². The highest BCUT2D eigenvalue weighted by Crippen LogP contribution is 1.96. The van der Waals surface area contributed by atoms with Crippen LogP contribution in [0.5, 0.6) is 0 Å². The van der Waals surface area contributed by atoms with Crippen LogP contribution in [0, 0.1) is 0 Å². The number of rotatable bonds is 5. The Bertz CT molecular complexity index is 319. The summed E-state index contributed by atoms with van der Waals surface area (Å²) in [5.74, 6) is -2.86. The molecule has 0 aromatic rings. The molecule has 7 heteroatoms. The summed E-state index contributed by atoms with van der Waals surface area (Å²) in [4.78, 5) is 22.3. The molecular formula is C7H13NO5S. The van der Waals surface area contributed by atoms with E-state index in [1.165, 1.54) is 14.1 Å².